The van der Waals surface area contributed by atoms with Crippen LogP contribution in [0, 0.1) is 5.92 Å². The van der Waals surface area contributed by atoms with Gasteiger partial charge in [-0.25, -0.2) is 8.42 Å². The van der Waals surface area contributed by atoms with Crippen LogP contribution >= 0.6 is 24.0 Å². The molecule has 0 radical (unpaired) electrons. The van der Waals surface area contributed by atoms with Crippen molar-refractivity contribution in [3.05, 3.63) is 30.3 Å². The van der Waals surface area contributed by atoms with Crippen LogP contribution in [0.5, 0.6) is 0 Å². The van der Waals surface area contributed by atoms with Crippen molar-refractivity contribution in [3.63, 3.8) is 0 Å². The first kappa shape index (κ1) is 19.2. The average Bonchev–Trinajstić information content (AvgIpc) is 2.37. The van der Waals surface area contributed by atoms with Gasteiger partial charge < -0.3 is 11.1 Å². The van der Waals surface area contributed by atoms with E-state index in [0.717, 1.165) is 0 Å². The molecular formula is C13H22IN3O2S. The highest BCUT2D eigenvalue weighted by molar-refractivity contribution is 14.0. The summed E-state index contributed by atoms with van der Waals surface area (Å²) in [4.78, 5) is 4.43. The number of halogens is 1. The minimum absolute atomic E-state index is 0. The summed E-state index contributed by atoms with van der Waals surface area (Å²) in [5, 5.41) is 2.81. The third-order valence-corrected chi connectivity index (χ3v) is 4.14. The number of guanidine groups is 1. The van der Waals surface area contributed by atoms with Crippen LogP contribution in [0.15, 0.2) is 40.2 Å². The number of sulfone groups is 1. The molecule has 1 aromatic carbocycles. The summed E-state index contributed by atoms with van der Waals surface area (Å²) in [5.74, 6) is 0.708. The van der Waals surface area contributed by atoms with Gasteiger partial charge in [-0.3, -0.25) is 4.99 Å². The Labute approximate surface area is 138 Å². The standard InChI is InChI=1S/C13H21N3O2S.HI/c1-11(2)10-16-13(14)15-8-9-19(17,18)12-6-4-3-5-7-12;/h3-7,11H,8-10H2,1-2H3,(H3,14,15,16);1H. The fourth-order valence-corrected chi connectivity index (χ4v) is 2.57. The highest BCUT2D eigenvalue weighted by Crippen LogP contribution is 2.09. The largest absolute Gasteiger partial charge is 0.370 e. The first-order valence-electron chi connectivity index (χ1n) is 6.23. The summed E-state index contributed by atoms with van der Waals surface area (Å²) in [7, 11) is -3.26. The maximum atomic E-state index is 12.0. The number of hydrogen-bond acceptors (Lipinski definition) is 3. The maximum absolute atomic E-state index is 12.0. The maximum Gasteiger partial charge on any atom is 0.188 e. The molecule has 0 heterocycles. The summed E-state index contributed by atoms with van der Waals surface area (Å²) in [6.45, 7) is 4.96. The summed E-state index contributed by atoms with van der Waals surface area (Å²) in [6.07, 6.45) is 0. The molecule has 0 saturated heterocycles. The van der Waals surface area contributed by atoms with E-state index in [1.165, 1.54) is 0 Å². The molecule has 1 aromatic rings. The highest BCUT2D eigenvalue weighted by Gasteiger charge is 2.13. The van der Waals surface area contributed by atoms with Crippen LogP contribution < -0.4 is 11.1 Å². The minimum atomic E-state index is -3.26. The molecule has 3 N–H and O–H groups in total. The zero-order valence-corrected chi connectivity index (χ0v) is 14.9. The van der Waals surface area contributed by atoms with Crippen LogP contribution in [0.25, 0.3) is 0 Å². The predicted octanol–water partition coefficient (Wildman–Crippen LogP) is 1.64. The van der Waals surface area contributed by atoms with Crippen molar-refractivity contribution in [2.45, 2.75) is 18.7 Å². The molecule has 0 fully saturated rings. The first-order chi connectivity index (χ1) is 8.92. The van der Waals surface area contributed by atoms with Crippen LogP contribution in [0.1, 0.15) is 13.8 Å². The van der Waals surface area contributed by atoms with Crippen molar-refractivity contribution in [1.29, 1.82) is 0 Å². The van der Waals surface area contributed by atoms with Crippen molar-refractivity contribution < 1.29 is 8.42 Å². The lowest BCUT2D eigenvalue weighted by molar-refractivity contribution is 0.594. The van der Waals surface area contributed by atoms with E-state index in [-0.39, 0.29) is 42.2 Å². The summed E-state index contributed by atoms with van der Waals surface area (Å²) < 4.78 is 23.9. The molecule has 7 heteroatoms. The SMILES string of the molecule is CC(C)CN=C(N)NCCS(=O)(=O)c1ccccc1.I. The molecule has 0 aliphatic carbocycles. The molecule has 5 nitrogen and oxygen atoms in total. The second-order valence-electron chi connectivity index (χ2n) is 4.68. The number of nitrogens with two attached hydrogens (primary N) is 1. The topological polar surface area (TPSA) is 84.5 Å². The van der Waals surface area contributed by atoms with E-state index in [1.54, 1.807) is 30.3 Å². The number of rotatable bonds is 6. The smallest absolute Gasteiger partial charge is 0.188 e. The van der Waals surface area contributed by atoms with E-state index >= 15 is 0 Å². The Hall–Kier alpha value is -0.830. The van der Waals surface area contributed by atoms with Crippen LogP contribution in [0.4, 0.5) is 0 Å². The van der Waals surface area contributed by atoms with Gasteiger partial charge in [0.25, 0.3) is 0 Å². The molecule has 20 heavy (non-hydrogen) atoms. The highest BCUT2D eigenvalue weighted by atomic mass is 127. The molecule has 1 rings (SSSR count). The molecule has 0 aromatic heterocycles. The molecule has 0 unspecified atom stereocenters. The van der Waals surface area contributed by atoms with E-state index in [1.807, 2.05) is 13.8 Å². The number of benzene rings is 1. The molecule has 0 bridgehead atoms. The van der Waals surface area contributed by atoms with E-state index in [4.69, 9.17) is 5.73 Å². The van der Waals surface area contributed by atoms with Crippen molar-refractivity contribution in [2.24, 2.45) is 16.6 Å². The Bertz CT molecular complexity index is 516. The number of aliphatic imine (C=N–C) groups is 1. The van der Waals surface area contributed by atoms with E-state index in [0.29, 0.717) is 17.4 Å². The third kappa shape index (κ3) is 7.09. The Morgan fingerprint density at radius 3 is 2.45 bits per heavy atom. The van der Waals surface area contributed by atoms with Gasteiger partial charge in [0, 0.05) is 13.1 Å². The van der Waals surface area contributed by atoms with Gasteiger partial charge in [-0.2, -0.15) is 0 Å². The first-order valence-corrected chi connectivity index (χ1v) is 7.88. The Balaban J connectivity index is 0.00000361. The van der Waals surface area contributed by atoms with Crippen molar-refractivity contribution in [3.8, 4) is 0 Å². The van der Waals surface area contributed by atoms with Crippen molar-refractivity contribution in [2.75, 3.05) is 18.8 Å². The van der Waals surface area contributed by atoms with Crippen LogP contribution in [-0.4, -0.2) is 33.2 Å². The molecule has 0 saturated carbocycles. The van der Waals surface area contributed by atoms with Gasteiger partial charge in [0.05, 0.1) is 10.6 Å². The minimum Gasteiger partial charge on any atom is -0.370 e. The third-order valence-electron chi connectivity index (χ3n) is 2.41. The second-order valence-corrected chi connectivity index (χ2v) is 6.79. The fourth-order valence-electron chi connectivity index (χ4n) is 1.40. The van der Waals surface area contributed by atoms with Crippen LogP contribution in [0.2, 0.25) is 0 Å². The Morgan fingerprint density at radius 1 is 1.30 bits per heavy atom. The molecule has 114 valence electrons. The van der Waals surface area contributed by atoms with E-state index in [9.17, 15) is 8.42 Å². The molecule has 0 atom stereocenters. The fraction of sp³-hybridized carbons (Fsp3) is 0.462. The molecule has 0 aliphatic rings. The average molecular weight is 411 g/mol. The van der Waals surface area contributed by atoms with Crippen LogP contribution in [0.3, 0.4) is 0 Å². The molecular weight excluding hydrogens is 389 g/mol. The van der Waals surface area contributed by atoms with Gasteiger partial charge in [-0.05, 0) is 18.1 Å². The van der Waals surface area contributed by atoms with Crippen molar-refractivity contribution >= 4 is 39.8 Å². The zero-order chi connectivity index (χ0) is 14.3. The van der Waals surface area contributed by atoms with Crippen LogP contribution in [-0.2, 0) is 9.84 Å². The molecule has 0 amide bonds. The van der Waals surface area contributed by atoms with Crippen molar-refractivity contribution in [1.82, 2.24) is 5.32 Å². The van der Waals surface area contributed by atoms with Gasteiger partial charge >= 0.3 is 0 Å². The number of nitrogens with zero attached hydrogens (tertiary/aromatic N) is 1. The van der Waals surface area contributed by atoms with Gasteiger partial charge in [0.2, 0.25) is 0 Å². The zero-order valence-electron chi connectivity index (χ0n) is 11.7. The van der Waals surface area contributed by atoms with Gasteiger partial charge in [-0.15, -0.1) is 24.0 Å². The second kappa shape index (κ2) is 9.17. The Morgan fingerprint density at radius 2 is 1.90 bits per heavy atom. The molecule has 0 spiro atoms. The normalized spacial score (nSPS) is 12.1. The quantitative estimate of drug-likeness (QED) is 0.424. The lowest BCUT2D eigenvalue weighted by atomic mass is 10.2. The summed E-state index contributed by atoms with van der Waals surface area (Å²) in [5.41, 5.74) is 5.63. The Kier molecular flexibility index (Phi) is 8.79. The summed E-state index contributed by atoms with van der Waals surface area (Å²) in [6, 6.07) is 8.38. The summed E-state index contributed by atoms with van der Waals surface area (Å²) >= 11 is 0. The lowest BCUT2D eigenvalue weighted by Gasteiger charge is -2.07. The lowest BCUT2D eigenvalue weighted by Crippen LogP contribution is -2.35. The number of hydrogen-bond donors (Lipinski definition) is 2. The monoisotopic (exact) mass is 411 g/mol. The van der Waals surface area contributed by atoms with Gasteiger partial charge in [0.1, 0.15) is 0 Å². The predicted molar refractivity (Wildman–Crippen MR) is 93.2 cm³/mol. The van der Waals surface area contributed by atoms with E-state index < -0.39 is 9.84 Å². The van der Waals surface area contributed by atoms with E-state index in [2.05, 4.69) is 10.3 Å². The number of nitrogens with one attached hydrogen (secondary N) is 1. The van der Waals surface area contributed by atoms with Gasteiger partial charge in [-0.1, -0.05) is 32.0 Å². The molecule has 0 aliphatic heterocycles. The van der Waals surface area contributed by atoms with Gasteiger partial charge in [0.15, 0.2) is 15.8 Å².